The number of nitrogens with zero attached hydrogens (tertiary/aromatic N) is 1. The first kappa shape index (κ1) is 90.0. The van der Waals surface area contributed by atoms with Crippen molar-refractivity contribution in [1.29, 1.82) is 0 Å². The third-order valence-corrected chi connectivity index (χ3v) is 14.1. The van der Waals surface area contributed by atoms with Gasteiger partial charge in [-0.1, -0.05) is 256 Å². The number of benzene rings is 7. The molecule has 1 aliphatic carbocycles. The second-order valence-electron chi connectivity index (χ2n) is 19.4. The van der Waals surface area contributed by atoms with Gasteiger partial charge in [0.05, 0.1) is 47.1 Å². The Morgan fingerprint density at radius 1 is 0.483 bits per heavy atom. The predicted molar refractivity (Wildman–Crippen MR) is 407 cm³/mol. The van der Waals surface area contributed by atoms with Crippen LogP contribution >= 0.6 is 0 Å². The first-order valence-electron chi connectivity index (χ1n) is 28.2. The smallest absolute Gasteiger partial charge is 0.344 e. The average Bonchev–Trinajstić information content (AvgIpc) is 0.837. The van der Waals surface area contributed by atoms with Crippen LogP contribution in [-0.4, -0.2) is 77.8 Å². The van der Waals surface area contributed by atoms with Crippen molar-refractivity contribution in [3.05, 3.63) is 211 Å². The fraction of sp³-hybridized carbons (Fsp3) is 0.299. The minimum Gasteiger partial charge on any atom is -0.344 e. The fourth-order valence-electron chi connectivity index (χ4n) is 12.1. The van der Waals surface area contributed by atoms with Crippen LogP contribution in [0.3, 0.4) is 0 Å². The molecule has 0 spiro atoms. The van der Waals surface area contributed by atoms with Crippen LogP contribution in [0.1, 0.15) is 115 Å². The molecule has 0 saturated carbocycles. The van der Waals surface area contributed by atoms with Gasteiger partial charge in [-0.25, -0.2) is 32.8 Å². The minimum absolute atomic E-state index is 0. The van der Waals surface area contributed by atoms with E-state index in [1.54, 1.807) is 19.3 Å². The van der Waals surface area contributed by atoms with E-state index < -0.39 is 0 Å². The molecule has 2 aliphatic heterocycles. The van der Waals surface area contributed by atoms with Gasteiger partial charge in [0.1, 0.15) is 0 Å². The minimum atomic E-state index is 0. The molecule has 3 aliphatic rings. The van der Waals surface area contributed by atoms with Crippen molar-refractivity contribution in [2.24, 2.45) is 0 Å². The molecule has 12 radical (unpaired) electrons. The molecule has 10 heteroatoms. The molecule has 7 aromatic carbocycles. The third-order valence-electron chi connectivity index (χ3n) is 14.1. The molecule has 0 amide bonds. The van der Waals surface area contributed by atoms with Gasteiger partial charge in [0, 0.05) is 18.4 Å². The van der Waals surface area contributed by atoms with Gasteiger partial charge in [-0.3, -0.25) is 0 Å². The SMILES string of the molecule is C.C.C#C.C#C.C#CC.C#CC.CC1=CC2C(=[B-](c3c(C)cc(C)cc3C)c3cccc4cccc2c34)C(C)=C1.Cc1cc(C)c([B-](=C2c3ccccc3N(C)c3ccccc32)c2c(C)cc(C)cc2C)c(C)c1.[B]C.[B]C.[B]C.[B]C.[B]C.[B]C.[K+]. The second-order valence-corrected chi connectivity index (χ2v) is 19.4. The van der Waals surface area contributed by atoms with Gasteiger partial charge in [-0.05, 0) is 130 Å². The molecule has 1 atom stereocenters. The molecule has 7 aromatic rings. The number of rotatable bonds is 3. The first-order chi connectivity index (χ1) is 40.6. The van der Waals surface area contributed by atoms with E-state index in [4.69, 9.17) is 0 Å². The Labute approximate surface area is 585 Å². The van der Waals surface area contributed by atoms with E-state index in [1.165, 1.54) is 168 Å². The van der Waals surface area contributed by atoms with Crippen LogP contribution in [0.25, 0.3) is 10.8 Å². The molecule has 10 rings (SSSR count). The molecular formula is C77H97B8KN-. The molecule has 0 bridgehead atoms. The topological polar surface area (TPSA) is 3.24 Å². The van der Waals surface area contributed by atoms with Crippen LogP contribution in [0, 0.1) is 113 Å². The van der Waals surface area contributed by atoms with Gasteiger partial charge in [-0.2, -0.15) is 0 Å². The van der Waals surface area contributed by atoms with Crippen molar-refractivity contribution in [1.82, 2.24) is 0 Å². The van der Waals surface area contributed by atoms with E-state index in [-0.39, 0.29) is 72.6 Å². The number of allylic oxidation sites excluding steroid dienone is 4. The summed E-state index contributed by atoms with van der Waals surface area (Å²) in [5.74, 6) is 4.87. The Bertz CT molecular complexity index is 3290. The number of terminal acetylenes is 4. The quantitative estimate of drug-likeness (QED) is 0.126. The van der Waals surface area contributed by atoms with Crippen LogP contribution in [0.2, 0.25) is 40.9 Å². The van der Waals surface area contributed by atoms with Crippen LogP contribution in [0.15, 0.2) is 145 Å². The summed E-state index contributed by atoms with van der Waals surface area (Å²) in [6.07, 6.45) is 30.5. The van der Waals surface area contributed by atoms with Gasteiger partial charge in [0.15, 0.2) is 0 Å². The molecule has 0 N–H and O–H groups in total. The molecule has 1 unspecified atom stereocenters. The standard InChI is InChI=1S/C32H33BN.C27H26B.2C3H4.2C2H2.6CH3B.2CH4.K/c1-20-16-22(3)30(23(4)17-20)33(31-24(5)18-21(2)19-25(31)6)32-26-12-8-10-14-28(26)34(7)29-15-11-9-13-27(29)32;1-16-12-18(3)26(19(4)13-16)28-24-11-7-9-21-8-6-10-22(25(21)24)23-15-17(2)14-20(5)27(23)28;2*1-3-2;8*1-2;;;/h8-19H,1-7H3;6-15,23H,1-5H3;2*1H,2H3;2*1-2H;6*1H3;2*1H4;/q2*-1;;;;;;;;;;;;;+1. The molecule has 87 heavy (non-hydrogen) atoms. The van der Waals surface area contributed by atoms with Crippen molar-refractivity contribution in [2.75, 3.05) is 11.9 Å². The Kier molecular flexibility index (Phi) is 49.8. The van der Waals surface area contributed by atoms with Crippen LogP contribution in [-0.2, 0) is 0 Å². The second kappa shape index (κ2) is 48.2. The molecule has 0 fully saturated rings. The number of para-hydroxylation sites is 2. The summed E-state index contributed by atoms with van der Waals surface area (Å²) in [4.78, 5) is 2.34. The van der Waals surface area contributed by atoms with Crippen molar-refractivity contribution < 1.29 is 51.4 Å². The van der Waals surface area contributed by atoms with E-state index in [0.717, 1.165) is 0 Å². The number of hydrogen-bond donors (Lipinski definition) is 0. The number of fused-ring (bicyclic) bond motifs is 4. The fourth-order valence-corrected chi connectivity index (χ4v) is 12.1. The maximum Gasteiger partial charge on any atom is 1.00 e. The summed E-state index contributed by atoms with van der Waals surface area (Å²) in [6.45, 7) is 37.2. The number of aryl methyl sites for hydroxylation is 9. The van der Waals surface area contributed by atoms with Crippen molar-refractivity contribution in [3.8, 4) is 50.4 Å². The normalized spacial score (nSPS) is 11.3. The van der Waals surface area contributed by atoms with Gasteiger partial charge in [0.2, 0.25) is 0 Å². The monoisotopic (exact) mass is 1160 g/mol. The molecule has 0 saturated heterocycles. The average molecular weight is 1160 g/mol. The predicted octanol–water partition coefficient (Wildman–Crippen LogP) is 12.5. The largest absolute Gasteiger partial charge is 1.00 e. The summed E-state index contributed by atoms with van der Waals surface area (Å²) in [5.41, 5.74) is 30.5. The van der Waals surface area contributed by atoms with Crippen LogP contribution < -0.4 is 78.1 Å². The molecule has 1 nitrogen and oxygen atoms in total. The Morgan fingerprint density at radius 2 is 0.816 bits per heavy atom. The van der Waals surface area contributed by atoms with Crippen LogP contribution in [0.5, 0.6) is 0 Å². The zero-order valence-corrected chi connectivity index (χ0v) is 58.9. The summed E-state index contributed by atoms with van der Waals surface area (Å²) >= 11 is 0. The summed E-state index contributed by atoms with van der Waals surface area (Å²) in [7, 11) is 29.2. The third kappa shape index (κ3) is 22.3. The van der Waals surface area contributed by atoms with E-state index in [9.17, 15) is 0 Å². The molecule has 2 heterocycles. The number of hydrogen-bond acceptors (Lipinski definition) is 1. The van der Waals surface area contributed by atoms with Gasteiger partial charge < -0.3 is 4.90 Å². The summed E-state index contributed by atoms with van der Waals surface area (Å²) in [6, 6.07) is 45.6. The van der Waals surface area contributed by atoms with E-state index >= 15 is 0 Å². The zero-order valence-electron chi connectivity index (χ0n) is 55.8. The summed E-state index contributed by atoms with van der Waals surface area (Å²) < 4.78 is 0. The van der Waals surface area contributed by atoms with Crippen LogP contribution in [0.4, 0.5) is 11.4 Å². The molecular weight excluding hydrogens is 1060 g/mol. The Balaban J connectivity index is -0.000000383. The van der Waals surface area contributed by atoms with Crippen molar-refractivity contribution >= 4 is 115 Å². The van der Waals surface area contributed by atoms with E-state index in [0.29, 0.717) is 12.3 Å². The van der Waals surface area contributed by atoms with E-state index in [2.05, 4.69) is 319 Å². The van der Waals surface area contributed by atoms with E-state index in [1.807, 2.05) is 0 Å². The zero-order chi connectivity index (χ0) is 65.1. The van der Waals surface area contributed by atoms with Crippen molar-refractivity contribution in [2.45, 2.75) is 152 Å². The maximum atomic E-state index is 4.60. The first-order valence-corrected chi connectivity index (χ1v) is 28.2. The van der Waals surface area contributed by atoms with Gasteiger partial charge >= 0.3 is 51.4 Å². The Morgan fingerprint density at radius 3 is 1.18 bits per heavy atom. The number of anilines is 2. The van der Waals surface area contributed by atoms with Gasteiger partial charge in [-0.15, -0.1) is 50.4 Å². The summed E-state index contributed by atoms with van der Waals surface area (Å²) in [5, 5.41) is 2.82. The molecule has 0 aromatic heterocycles. The molecule has 436 valence electrons. The maximum absolute atomic E-state index is 4.60. The van der Waals surface area contributed by atoms with Gasteiger partial charge in [0.25, 0.3) is 0 Å². The Hall–Kier alpha value is -5.78. The van der Waals surface area contributed by atoms with Crippen molar-refractivity contribution in [3.63, 3.8) is 0 Å².